The second kappa shape index (κ2) is 8.27. The van der Waals surface area contributed by atoms with Gasteiger partial charge in [0.25, 0.3) is 17.5 Å². The van der Waals surface area contributed by atoms with E-state index in [0.717, 1.165) is 21.8 Å². The lowest BCUT2D eigenvalue weighted by Gasteiger charge is -2.25. The number of carbonyl (C=O) groups excluding carboxylic acids is 3. The van der Waals surface area contributed by atoms with Crippen LogP contribution in [0.1, 0.15) is 31.2 Å². The van der Waals surface area contributed by atoms with Gasteiger partial charge in [-0.2, -0.15) is 0 Å². The Kier molecular flexibility index (Phi) is 5.78. The molecule has 0 bridgehead atoms. The monoisotopic (exact) mass is 418 g/mol. The zero-order valence-electron chi connectivity index (χ0n) is 15.7. The zero-order valence-corrected chi connectivity index (χ0v) is 16.5. The van der Waals surface area contributed by atoms with Crippen molar-refractivity contribution in [3.63, 3.8) is 0 Å². The molecule has 1 aromatic heterocycles. The molecule has 0 radical (unpaired) electrons. The van der Waals surface area contributed by atoms with Gasteiger partial charge in [0.1, 0.15) is 10.6 Å². The molecule has 0 unspecified atom stereocenters. The van der Waals surface area contributed by atoms with Gasteiger partial charge < -0.3 is 20.3 Å². The van der Waals surface area contributed by atoms with Crippen LogP contribution in [0.3, 0.4) is 0 Å². The fourth-order valence-corrected chi connectivity index (χ4v) is 4.39. The Morgan fingerprint density at radius 1 is 1.24 bits per heavy atom. The summed E-state index contributed by atoms with van der Waals surface area (Å²) in [5, 5.41) is 16.7. The number of ether oxygens (including phenoxy) is 1. The van der Waals surface area contributed by atoms with E-state index in [9.17, 15) is 24.5 Å². The molecule has 29 heavy (non-hydrogen) atoms. The fourth-order valence-electron chi connectivity index (χ4n) is 3.14. The average Bonchev–Trinajstić information content (AvgIpc) is 3.09. The molecule has 1 aromatic carbocycles. The highest BCUT2D eigenvalue weighted by molar-refractivity contribution is 7.17. The minimum atomic E-state index is -0.689. The van der Waals surface area contributed by atoms with Gasteiger partial charge in [-0.25, -0.2) is 4.79 Å². The quantitative estimate of drug-likeness (QED) is 0.579. The molecule has 0 saturated carbocycles. The number of hydrogen-bond acceptors (Lipinski definition) is 7. The number of hydrogen-bond donors (Lipinski definition) is 2. The van der Waals surface area contributed by atoms with E-state index in [1.807, 2.05) is 0 Å². The van der Waals surface area contributed by atoms with E-state index in [1.165, 1.54) is 43.3 Å². The molecule has 3 amide bonds. The van der Waals surface area contributed by atoms with Crippen LogP contribution in [0.15, 0.2) is 24.3 Å². The summed E-state index contributed by atoms with van der Waals surface area (Å²) in [6, 6.07) is 5.58. The van der Waals surface area contributed by atoms with Gasteiger partial charge in [-0.3, -0.25) is 19.7 Å². The van der Waals surface area contributed by atoms with Crippen molar-refractivity contribution in [2.24, 2.45) is 0 Å². The van der Waals surface area contributed by atoms with Crippen LogP contribution in [0.4, 0.5) is 15.5 Å². The van der Waals surface area contributed by atoms with Crippen molar-refractivity contribution >= 4 is 39.9 Å². The first-order valence-corrected chi connectivity index (χ1v) is 9.43. The second-order valence-electron chi connectivity index (χ2n) is 6.16. The molecule has 10 nitrogen and oxygen atoms in total. The molecule has 0 spiro atoms. The number of benzene rings is 1. The molecule has 2 heterocycles. The molecule has 0 atom stereocenters. The third-order valence-electron chi connectivity index (χ3n) is 4.52. The number of nitrogens with one attached hydrogen (secondary N) is 2. The van der Waals surface area contributed by atoms with E-state index in [2.05, 4.69) is 10.6 Å². The smallest absolute Gasteiger partial charge is 0.409 e. The number of nitro benzene ring substituents is 1. The average molecular weight is 418 g/mol. The maximum atomic E-state index is 12.7. The number of carbonyl (C=O) groups is 3. The number of thiophene rings is 1. The minimum Gasteiger partial charge on any atom is -0.453 e. The first kappa shape index (κ1) is 20.3. The van der Waals surface area contributed by atoms with Crippen molar-refractivity contribution in [2.45, 2.75) is 13.0 Å². The summed E-state index contributed by atoms with van der Waals surface area (Å²) in [6.07, 6.45) is -0.0542. The summed E-state index contributed by atoms with van der Waals surface area (Å²) in [4.78, 5) is 49.8. The lowest BCUT2D eigenvalue weighted by molar-refractivity contribution is -0.385. The van der Waals surface area contributed by atoms with Crippen LogP contribution >= 0.6 is 11.3 Å². The van der Waals surface area contributed by atoms with E-state index in [4.69, 9.17) is 4.74 Å². The Balaban J connectivity index is 1.97. The number of nitro groups is 1. The second-order valence-corrected chi connectivity index (χ2v) is 7.26. The number of methoxy groups -OCH3 is 1. The van der Waals surface area contributed by atoms with Gasteiger partial charge in [0.2, 0.25) is 0 Å². The summed E-state index contributed by atoms with van der Waals surface area (Å²) in [6.45, 7) is 0.621. The first-order chi connectivity index (χ1) is 13.9. The predicted molar refractivity (Wildman–Crippen MR) is 105 cm³/mol. The lowest BCUT2D eigenvalue weighted by Crippen LogP contribution is -2.35. The summed E-state index contributed by atoms with van der Waals surface area (Å²) in [7, 11) is 2.77. The van der Waals surface area contributed by atoms with Gasteiger partial charge in [-0.15, -0.1) is 11.3 Å². The third kappa shape index (κ3) is 3.90. The van der Waals surface area contributed by atoms with Crippen LogP contribution in [0.2, 0.25) is 0 Å². The summed E-state index contributed by atoms with van der Waals surface area (Å²) >= 11 is 1.16. The molecule has 2 aromatic rings. The van der Waals surface area contributed by atoms with Crippen molar-refractivity contribution in [1.82, 2.24) is 10.2 Å². The molecular weight excluding hydrogens is 400 g/mol. The van der Waals surface area contributed by atoms with Crippen LogP contribution in [0.5, 0.6) is 0 Å². The third-order valence-corrected chi connectivity index (χ3v) is 5.65. The molecule has 0 saturated heterocycles. The number of nitrogens with zero attached hydrogens (tertiary/aromatic N) is 2. The molecule has 1 aliphatic rings. The van der Waals surface area contributed by atoms with Crippen molar-refractivity contribution in [3.05, 3.63) is 55.9 Å². The lowest BCUT2D eigenvalue weighted by atomic mass is 10.0. The maximum absolute atomic E-state index is 12.7. The molecule has 152 valence electrons. The topological polar surface area (TPSA) is 131 Å². The van der Waals surface area contributed by atoms with Crippen molar-refractivity contribution in [3.8, 4) is 0 Å². The maximum Gasteiger partial charge on any atom is 0.409 e. The Bertz CT molecular complexity index is 1000. The standard InChI is InChI=1S/C18H18N4O6S/c1-19-16(24)14-11-7-8-21(18(25)28-2)9-13(11)29-17(14)20-15(23)10-5-3-4-6-12(10)22(26)27/h3-6H,7-9H2,1-2H3,(H,19,24)(H,20,23). The van der Waals surface area contributed by atoms with Gasteiger partial charge >= 0.3 is 6.09 Å². The van der Waals surface area contributed by atoms with Gasteiger partial charge in [0.05, 0.1) is 24.1 Å². The van der Waals surface area contributed by atoms with E-state index in [0.29, 0.717) is 18.5 Å². The van der Waals surface area contributed by atoms with Crippen LogP contribution in [-0.4, -0.2) is 48.4 Å². The highest BCUT2D eigenvalue weighted by Gasteiger charge is 2.31. The van der Waals surface area contributed by atoms with Gasteiger partial charge in [-0.05, 0) is 18.1 Å². The van der Waals surface area contributed by atoms with Crippen LogP contribution in [-0.2, 0) is 17.7 Å². The number of rotatable bonds is 4. The highest BCUT2D eigenvalue weighted by Crippen LogP contribution is 2.37. The highest BCUT2D eigenvalue weighted by atomic mass is 32.1. The number of fused-ring (bicyclic) bond motifs is 1. The van der Waals surface area contributed by atoms with Crippen LogP contribution in [0.25, 0.3) is 0 Å². The minimum absolute atomic E-state index is 0.108. The molecule has 1 aliphatic heterocycles. The summed E-state index contributed by atoms with van der Waals surface area (Å²) in [5.74, 6) is -1.07. The van der Waals surface area contributed by atoms with Gasteiger partial charge in [-0.1, -0.05) is 12.1 Å². The Hall–Kier alpha value is -3.47. The van der Waals surface area contributed by atoms with E-state index in [-0.39, 0.29) is 28.7 Å². The van der Waals surface area contributed by atoms with Crippen molar-refractivity contribution in [1.29, 1.82) is 0 Å². The van der Waals surface area contributed by atoms with E-state index < -0.39 is 16.9 Å². The number of anilines is 1. The molecule has 0 aliphatic carbocycles. The van der Waals surface area contributed by atoms with E-state index >= 15 is 0 Å². The van der Waals surface area contributed by atoms with Crippen molar-refractivity contribution < 1.29 is 24.0 Å². The van der Waals surface area contributed by atoms with Crippen LogP contribution < -0.4 is 10.6 Å². The largest absolute Gasteiger partial charge is 0.453 e. The fraction of sp³-hybridized carbons (Fsp3) is 0.278. The van der Waals surface area contributed by atoms with Gasteiger partial charge in [0.15, 0.2) is 0 Å². The molecular formula is C18H18N4O6S. The molecule has 2 N–H and O–H groups in total. The normalized spacial score (nSPS) is 12.7. The van der Waals surface area contributed by atoms with Crippen molar-refractivity contribution in [2.75, 3.05) is 26.0 Å². The first-order valence-electron chi connectivity index (χ1n) is 8.61. The molecule has 0 fully saturated rings. The van der Waals surface area contributed by atoms with Crippen LogP contribution in [0, 0.1) is 10.1 Å². The Labute approximate surface area is 169 Å². The Morgan fingerprint density at radius 2 is 1.97 bits per heavy atom. The zero-order chi connectivity index (χ0) is 21.1. The summed E-state index contributed by atoms with van der Waals surface area (Å²) in [5.41, 5.74) is 0.615. The molecule has 3 rings (SSSR count). The number of para-hydroxylation sites is 1. The SMILES string of the molecule is CNC(=O)c1c(NC(=O)c2ccccc2[N+](=O)[O-])sc2c1CCN(C(=O)OC)C2. The van der Waals surface area contributed by atoms with E-state index in [1.54, 1.807) is 0 Å². The number of amides is 3. The Morgan fingerprint density at radius 3 is 2.62 bits per heavy atom. The molecule has 11 heteroatoms. The summed E-state index contributed by atoms with van der Waals surface area (Å²) < 4.78 is 4.75. The van der Waals surface area contributed by atoms with Gasteiger partial charge in [0, 0.05) is 24.5 Å². The predicted octanol–water partition coefficient (Wildman–Crippen LogP) is 2.39.